The van der Waals surface area contributed by atoms with Crippen molar-refractivity contribution in [1.82, 2.24) is 14.6 Å². The van der Waals surface area contributed by atoms with Crippen molar-refractivity contribution in [3.05, 3.63) is 28.5 Å². The number of pyridine rings is 1. The minimum Gasteiger partial charge on any atom is -0.598 e. The molecule has 0 aliphatic heterocycles. The Balaban J connectivity index is 3.14. The second-order valence-corrected chi connectivity index (χ2v) is 8.83. The van der Waals surface area contributed by atoms with Gasteiger partial charge in [-0.25, -0.2) is 0 Å². The fourth-order valence-corrected chi connectivity index (χ4v) is 2.82. The molecule has 0 aromatic carbocycles. The standard InChI is InChI=1S/C14H21ClF3N3OS/c1-13(2,3)23(22)20-12(14(16,17)18)11-10(15)6-9(7-19-11)8-21(4)5/h6-7,12,20H,8H2,1-5H3/t12-,23+/m1/s1. The number of nitrogens with zero attached hydrogens (tertiary/aromatic N) is 2. The maximum absolute atomic E-state index is 13.3. The molecule has 0 saturated carbocycles. The van der Waals surface area contributed by atoms with Gasteiger partial charge in [0.05, 0.1) is 10.7 Å². The number of halogens is 4. The summed E-state index contributed by atoms with van der Waals surface area (Å²) in [7, 11) is 3.66. The lowest BCUT2D eigenvalue weighted by Gasteiger charge is -2.29. The Morgan fingerprint density at radius 1 is 1.35 bits per heavy atom. The highest BCUT2D eigenvalue weighted by molar-refractivity contribution is 7.90. The molecule has 4 nitrogen and oxygen atoms in total. The van der Waals surface area contributed by atoms with E-state index in [1.807, 2.05) is 19.0 Å². The molecule has 0 amide bonds. The third-order valence-electron chi connectivity index (χ3n) is 2.81. The van der Waals surface area contributed by atoms with E-state index in [1.54, 1.807) is 20.8 Å². The summed E-state index contributed by atoms with van der Waals surface area (Å²) >= 11 is 4.08. The molecule has 0 saturated heterocycles. The molecule has 132 valence electrons. The van der Waals surface area contributed by atoms with Crippen LogP contribution in [0.25, 0.3) is 0 Å². The van der Waals surface area contributed by atoms with Crippen LogP contribution in [0, 0.1) is 0 Å². The van der Waals surface area contributed by atoms with Crippen molar-refractivity contribution in [1.29, 1.82) is 0 Å². The van der Waals surface area contributed by atoms with Crippen LogP contribution in [-0.4, -0.2) is 39.5 Å². The summed E-state index contributed by atoms with van der Waals surface area (Å²) in [5, 5.41) is -0.106. The van der Waals surface area contributed by atoms with Gasteiger partial charge in [0.2, 0.25) is 0 Å². The van der Waals surface area contributed by atoms with E-state index in [0.717, 1.165) is 0 Å². The van der Waals surface area contributed by atoms with Gasteiger partial charge >= 0.3 is 6.18 Å². The van der Waals surface area contributed by atoms with Crippen LogP contribution in [0.2, 0.25) is 5.02 Å². The summed E-state index contributed by atoms with van der Waals surface area (Å²) in [5.74, 6) is 0. The number of rotatable bonds is 5. The van der Waals surface area contributed by atoms with Gasteiger partial charge in [-0.3, -0.25) is 4.98 Å². The Labute approximate surface area is 142 Å². The summed E-state index contributed by atoms with van der Waals surface area (Å²) in [6.07, 6.45) is -3.32. The van der Waals surface area contributed by atoms with E-state index in [0.29, 0.717) is 12.1 Å². The van der Waals surface area contributed by atoms with E-state index >= 15 is 0 Å². The zero-order valence-electron chi connectivity index (χ0n) is 13.7. The molecule has 1 heterocycles. The summed E-state index contributed by atoms with van der Waals surface area (Å²) < 4.78 is 53.3. The van der Waals surface area contributed by atoms with Gasteiger partial charge in [0.15, 0.2) is 6.04 Å². The molecule has 0 bridgehead atoms. The largest absolute Gasteiger partial charge is 0.598 e. The summed E-state index contributed by atoms with van der Waals surface area (Å²) in [6.45, 7) is 5.25. The van der Waals surface area contributed by atoms with Gasteiger partial charge in [-0.05, 0) is 46.5 Å². The molecule has 0 spiro atoms. The van der Waals surface area contributed by atoms with Crippen molar-refractivity contribution < 1.29 is 17.7 Å². The predicted octanol–water partition coefficient (Wildman–Crippen LogP) is 3.45. The van der Waals surface area contributed by atoms with E-state index in [9.17, 15) is 17.7 Å². The third kappa shape index (κ3) is 6.11. The van der Waals surface area contributed by atoms with Gasteiger partial charge in [0, 0.05) is 24.1 Å². The van der Waals surface area contributed by atoms with Gasteiger partial charge in [0.1, 0.15) is 4.75 Å². The second kappa shape index (κ2) is 7.57. The summed E-state index contributed by atoms with van der Waals surface area (Å²) in [4.78, 5) is 5.71. The molecule has 9 heteroatoms. The van der Waals surface area contributed by atoms with Crippen molar-refractivity contribution in [2.45, 2.75) is 44.3 Å². The van der Waals surface area contributed by atoms with Gasteiger partial charge in [-0.2, -0.15) is 13.2 Å². The van der Waals surface area contributed by atoms with Gasteiger partial charge in [-0.15, -0.1) is 4.72 Å². The summed E-state index contributed by atoms with van der Waals surface area (Å²) in [5.41, 5.74) is 0.320. The Morgan fingerprint density at radius 2 is 1.91 bits per heavy atom. The highest BCUT2D eigenvalue weighted by Gasteiger charge is 2.47. The predicted molar refractivity (Wildman–Crippen MR) is 86.5 cm³/mol. The molecule has 1 N–H and O–H groups in total. The van der Waals surface area contributed by atoms with Gasteiger partial charge in [0.25, 0.3) is 0 Å². The molecule has 23 heavy (non-hydrogen) atoms. The number of hydrogen-bond donors (Lipinski definition) is 1. The molecule has 0 fully saturated rings. The molecular weight excluding hydrogens is 351 g/mol. The average molecular weight is 372 g/mol. The Kier molecular flexibility index (Phi) is 6.74. The van der Waals surface area contributed by atoms with Crippen LogP contribution in [0.1, 0.15) is 38.1 Å². The van der Waals surface area contributed by atoms with Gasteiger partial charge < -0.3 is 9.45 Å². The van der Waals surface area contributed by atoms with E-state index in [2.05, 4.69) is 9.71 Å². The Morgan fingerprint density at radius 3 is 2.30 bits per heavy atom. The SMILES string of the molecule is CN(C)Cc1cnc([C@@H](N[S@@+]([O-])C(C)(C)C)C(F)(F)F)c(Cl)c1. The zero-order chi connectivity index (χ0) is 18.0. The van der Waals surface area contributed by atoms with Gasteiger partial charge in [-0.1, -0.05) is 11.6 Å². The zero-order valence-corrected chi connectivity index (χ0v) is 15.2. The lowest BCUT2D eigenvalue weighted by Crippen LogP contribution is -2.46. The monoisotopic (exact) mass is 371 g/mol. The number of hydrogen-bond acceptors (Lipinski definition) is 4. The van der Waals surface area contributed by atoms with Crippen LogP contribution in [0.5, 0.6) is 0 Å². The van der Waals surface area contributed by atoms with E-state index in [4.69, 9.17) is 11.6 Å². The van der Waals surface area contributed by atoms with Crippen LogP contribution in [0.4, 0.5) is 13.2 Å². The van der Waals surface area contributed by atoms with Crippen molar-refractivity contribution in [3.63, 3.8) is 0 Å². The van der Waals surface area contributed by atoms with E-state index < -0.39 is 28.3 Å². The van der Waals surface area contributed by atoms with Crippen molar-refractivity contribution in [2.24, 2.45) is 0 Å². The Bertz CT molecular complexity index is 535. The molecule has 1 aromatic heterocycles. The maximum atomic E-state index is 13.3. The van der Waals surface area contributed by atoms with E-state index in [1.165, 1.54) is 12.3 Å². The molecule has 0 unspecified atom stereocenters. The molecule has 0 radical (unpaired) electrons. The normalized spacial score (nSPS) is 15.8. The smallest absolute Gasteiger partial charge is 0.413 e. The first-order valence-electron chi connectivity index (χ1n) is 6.86. The first kappa shape index (κ1) is 20.5. The second-order valence-electron chi connectivity index (χ2n) is 6.42. The number of aromatic nitrogens is 1. The van der Waals surface area contributed by atoms with E-state index in [-0.39, 0.29) is 10.7 Å². The Hall–Kier alpha value is -0.540. The first-order chi connectivity index (χ1) is 10.3. The molecule has 1 aromatic rings. The fraction of sp³-hybridized carbons (Fsp3) is 0.643. The van der Waals surface area contributed by atoms with Crippen LogP contribution in [0.15, 0.2) is 12.3 Å². The lowest BCUT2D eigenvalue weighted by molar-refractivity contribution is -0.153. The molecule has 1 rings (SSSR count). The van der Waals surface area contributed by atoms with Crippen molar-refractivity contribution >= 4 is 23.0 Å². The first-order valence-corrected chi connectivity index (χ1v) is 8.39. The highest BCUT2D eigenvalue weighted by Crippen LogP contribution is 2.36. The number of nitrogens with one attached hydrogen (secondary N) is 1. The molecule has 0 aliphatic rings. The lowest BCUT2D eigenvalue weighted by atomic mass is 10.1. The fourth-order valence-electron chi connectivity index (χ4n) is 1.71. The topological polar surface area (TPSA) is 51.2 Å². The quantitative estimate of drug-likeness (QED) is 0.805. The van der Waals surface area contributed by atoms with Crippen molar-refractivity contribution in [2.75, 3.05) is 14.1 Å². The third-order valence-corrected chi connectivity index (χ3v) is 4.67. The highest BCUT2D eigenvalue weighted by atomic mass is 35.5. The van der Waals surface area contributed by atoms with Crippen LogP contribution < -0.4 is 4.72 Å². The summed E-state index contributed by atoms with van der Waals surface area (Å²) in [6, 6.07) is -0.743. The molecule has 0 aliphatic carbocycles. The molecule has 2 atom stereocenters. The number of alkyl halides is 3. The van der Waals surface area contributed by atoms with Crippen LogP contribution >= 0.6 is 11.6 Å². The van der Waals surface area contributed by atoms with Crippen LogP contribution in [-0.2, 0) is 17.9 Å². The van der Waals surface area contributed by atoms with Crippen molar-refractivity contribution in [3.8, 4) is 0 Å². The minimum absolute atomic E-state index is 0.106. The molecular formula is C14H21ClF3N3OS. The average Bonchev–Trinajstić information content (AvgIpc) is 2.33. The maximum Gasteiger partial charge on any atom is 0.413 e. The minimum atomic E-state index is -4.67. The van der Waals surface area contributed by atoms with Crippen LogP contribution in [0.3, 0.4) is 0 Å².